The Morgan fingerprint density at radius 2 is 2.15 bits per heavy atom. The van der Waals surface area contributed by atoms with Crippen molar-refractivity contribution in [2.45, 2.75) is 0 Å². The molecule has 2 rings (SSSR count). The smallest absolute Gasteiger partial charge is 0.404 e. The molecule has 2 heterocycles. The third-order valence-electron chi connectivity index (χ3n) is 2.09. The first-order chi connectivity index (χ1) is 9.69. The number of carbonyl (C=O) groups is 1. The standard InChI is InChI=1S/C9H13N9O2/c10-6(19)20-5-3-12-7-14-8(17-11)16-9(15-7)18-4-1-2-13-18/h1-2,4H,3,5,11H2,(H2,10,19)(H2,12,14,15,16,17). The van der Waals surface area contributed by atoms with Crippen LogP contribution in [0.2, 0.25) is 0 Å². The van der Waals surface area contributed by atoms with Crippen LogP contribution in [0, 0.1) is 0 Å². The molecule has 0 saturated heterocycles. The van der Waals surface area contributed by atoms with Gasteiger partial charge in [0.2, 0.25) is 11.9 Å². The molecular formula is C9H13N9O2. The van der Waals surface area contributed by atoms with Crippen LogP contribution in [0.1, 0.15) is 0 Å². The molecule has 0 bridgehead atoms. The molecule has 2 aromatic rings. The lowest BCUT2D eigenvalue weighted by Gasteiger charge is -2.08. The summed E-state index contributed by atoms with van der Waals surface area (Å²) in [6, 6.07) is 1.73. The molecule has 0 atom stereocenters. The van der Waals surface area contributed by atoms with Crippen LogP contribution in [0.4, 0.5) is 16.7 Å². The number of primary amides is 1. The van der Waals surface area contributed by atoms with Crippen molar-refractivity contribution in [3.63, 3.8) is 0 Å². The largest absolute Gasteiger partial charge is 0.448 e. The average Bonchev–Trinajstić information content (AvgIpc) is 2.97. The van der Waals surface area contributed by atoms with E-state index in [-0.39, 0.29) is 31.0 Å². The Bertz CT molecular complexity index is 571. The average molecular weight is 279 g/mol. The van der Waals surface area contributed by atoms with Crippen molar-refractivity contribution in [2.24, 2.45) is 11.6 Å². The predicted molar refractivity (Wildman–Crippen MR) is 68.8 cm³/mol. The Balaban J connectivity index is 2.08. The number of carbonyl (C=O) groups excluding carboxylic acids is 1. The summed E-state index contributed by atoms with van der Waals surface area (Å²) in [4.78, 5) is 22.6. The Morgan fingerprint density at radius 3 is 2.80 bits per heavy atom. The second kappa shape index (κ2) is 6.29. The fraction of sp³-hybridized carbons (Fsp3) is 0.222. The number of ether oxygens (including phenoxy) is 1. The van der Waals surface area contributed by atoms with Crippen molar-refractivity contribution in [2.75, 3.05) is 23.9 Å². The van der Waals surface area contributed by atoms with Gasteiger partial charge in [0.05, 0.1) is 6.54 Å². The molecule has 0 aliphatic carbocycles. The van der Waals surface area contributed by atoms with Gasteiger partial charge in [-0.15, -0.1) is 0 Å². The molecule has 11 nitrogen and oxygen atoms in total. The van der Waals surface area contributed by atoms with Gasteiger partial charge in [-0.1, -0.05) is 0 Å². The quantitative estimate of drug-likeness (QED) is 0.291. The van der Waals surface area contributed by atoms with E-state index in [2.05, 4.69) is 35.5 Å². The van der Waals surface area contributed by atoms with Crippen molar-refractivity contribution >= 4 is 18.0 Å². The molecule has 0 unspecified atom stereocenters. The number of aromatic nitrogens is 5. The molecule has 0 spiro atoms. The normalized spacial score (nSPS) is 10.1. The minimum Gasteiger partial charge on any atom is -0.448 e. The van der Waals surface area contributed by atoms with Crippen molar-refractivity contribution in [3.05, 3.63) is 18.5 Å². The van der Waals surface area contributed by atoms with Crippen LogP contribution < -0.4 is 22.3 Å². The lowest BCUT2D eigenvalue weighted by Crippen LogP contribution is -2.20. The van der Waals surface area contributed by atoms with Crippen molar-refractivity contribution < 1.29 is 9.53 Å². The summed E-state index contributed by atoms with van der Waals surface area (Å²) in [5, 5.41) is 6.85. The molecule has 0 saturated carbocycles. The lowest BCUT2D eigenvalue weighted by atomic mass is 10.6. The number of nitrogens with two attached hydrogens (primary N) is 2. The van der Waals surface area contributed by atoms with Gasteiger partial charge in [-0.25, -0.2) is 15.3 Å². The van der Waals surface area contributed by atoms with Gasteiger partial charge in [0.15, 0.2) is 0 Å². The van der Waals surface area contributed by atoms with Gasteiger partial charge in [-0.05, 0) is 6.07 Å². The molecule has 20 heavy (non-hydrogen) atoms. The highest BCUT2D eigenvalue weighted by Crippen LogP contribution is 2.07. The zero-order valence-electron chi connectivity index (χ0n) is 10.4. The van der Waals surface area contributed by atoms with Crippen LogP contribution >= 0.6 is 0 Å². The van der Waals surface area contributed by atoms with Crippen LogP contribution in [0.3, 0.4) is 0 Å². The van der Waals surface area contributed by atoms with E-state index in [1.54, 1.807) is 18.5 Å². The Kier molecular flexibility index (Phi) is 4.24. The first kappa shape index (κ1) is 13.5. The summed E-state index contributed by atoms with van der Waals surface area (Å²) in [5.74, 6) is 6.00. The molecular weight excluding hydrogens is 266 g/mol. The lowest BCUT2D eigenvalue weighted by molar-refractivity contribution is 0.161. The highest BCUT2D eigenvalue weighted by Gasteiger charge is 2.07. The number of nitrogens with one attached hydrogen (secondary N) is 2. The SMILES string of the molecule is NNc1nc(NCCOC(N)=O)nc(-n2cccn2)n1. The van der Waals surface area contributed by atoms with Crippen LogP contribution in [0.15, 0.2) is 18.5 Å². The molecule has 0 aliphatic heterocycles. The summed E-state index contributed by atoms with van der Waals surface area (Å²) >= 11 is 0. The molecule has 0 aliphatic rings. The maximum atomic E-state index is 10.4. The maximum Gasteiger partial charge on any atom is 0.404 e. The third kappa shape index (κ3) is 3.52. The molecule has 11 heteroatoms. The Hall–Kier alpha value is -2.95. The summed E-state index contributed by atoms with van der Waals surface area (Å²) in [5.41, 5.74) is 7.17. The fourth-order valence-corrected chi connectivity index (χ4v) is 1.31. The number of nitrogens with zero attached hydrogens (tertiary/aromatic N) is 5. The van der Waals surface area contributed by atoms with Gasteiger partial charge < -0.3 is 15.8 Å². The molecule has 0 aromatic carbocycles. The van der Waals surface area contributed by atoms with E-state index < -0.39 is 6.09 Å². The third-order valence-corrected chi connectivity index (χ3v) is 2.09. The van der Waals surface area contributed by atoms with Crippen LogP contribution in [-0.4, -0.2) is 44.0 Å². The zero-order chi connectivity index (χ0) is 14.4. The number of nitrogen functional groups attached to an aromatic ring is 1. The van der Waals surface area contributed by atoms with Crippen molar-refractivity contribution in [1.82, 2.24) is 24.7 Å². The van der Waals surface area contributed by atoms with Crippen LogP contribution in [-0.2, 0) is 4.74 Å². The van der Waals surface area contributed by atoms with E-state index >= 15 is 0 Å². The van der Waals surface area contributed by atoms with Crippen molar-refractivity contribution in [3.8, 4) is 5.95 Å². The minimum atomic E-state index is -0.844. The topological polar surface area (TPSA) is 159 Å². The van der Waals surface area contributed by atoms with E-state index in [9.17, 15) is 4.79 Å². The number of amides is 1. The minimum absolute atomic E-state index is 0.0868. The number of hydrogen-bond acceptors (Lipinski definition) is 9. The number of rotatable bonds is 6. The second-order valence-corrected chi connectivity index (χ2v) is 3.47. The summed E-state index contributed by atoms with van der Waals surface area (Å²) in [7, 11) is 0. The van der Waals surface area contributed by atoms with Crippen LogP contribution in [0.25, 0.3) is 5.95 Å². The predicted octanol–water partition coefficient (Wildman–Crippen LogP) is -1.15. The van der Waals surface area contributed by atoms with E-state index in [0.717, 1.165) is 0 Å². The highest BCUT2D eigenvalue weighted by molar-refractivity contribution is 5.64. The molecule has 6 N–H and O–H groups in total. The van der Waals surface area contributed by atoms with Gasteiger partial charge in [-0.2, -0.15) is 20.1 Å². The van der Waals surface area contributed by atoms with Gasteiger partial charge >= 0.3 is 6.09 Å². The summed E-state index contributed by atoms with van der Waals surface area (Å²) in [6.07, 6.45) is 2.42. The van der Waals surface area contributed by atoms with Crippen LogP contribution in [0.5, 0.6) is 0 Å². The first-order valence-corrected chi connectivity index (χ1v) is 5.58. The number of hydrazine groups is 1. The molecule has 0 fully saturated rings. The Labute approximate surface area is 113 Å². The molecule has 106 valence electrons. The van der Waals surface area contributed by atoms with Gasteiger partial charge in [-0.3, -0.25) is 5.43 Å². The van der Waals surface area contributed by atoms with E-state index in [0.29, 0.717) is 0 Å². The summed E-state index contributed by atoms with van der Waals surface area (Å²) < 4.78 is 6.02. The highest BCUT2D eigenvalue weighted by atomic mass is 16.5. The van der Waals surface area contributed by atoms with E-state index in [1.165, 1.54) is 4.68 Å². The van der Waals surface area contributed by atoms with Crippen molar-refractivity contribution in [1.29, 1.82) is 0 Å². The summed E-state index contributed by atoms with van der Waals surface area (Å²) in [6.45, 7) is 0.374. The zero-order valence-corrected chi connectivity index (χ0v) is 10.4. The van der Waals surface area contributed by atoms with E-state index in [4.69, 9.17) is 11.6 Å². The fourth-order valence-electron chi connectivity index (χ4n) is 1.31. The molecule has 2 aromatic heterocycles. The Morgan fingerprint density at radius 1 is 1.35 bits per heavy atom. The van der Waals surface area contributed by atoms with E-state index in [1.807, 2.05) is 0 Å². The molecule has 1 amide bonds. The van der Waals surface area contributed by atoms with Gasteiger partial charge in [0.1, 0.15) is 6.61 Å². The monoisotopic (exact) mass is 279 g/mol. The second-order valence-electron chi connectivity index (χ2n) is 3.47. The number of hydrogen-bond donors (Lipinski definition) is 4. The number of anilines is 2. The van der Waals surface area contributed by atoms with Gasteiger partial charge in [0.25, 0.3) is 5.95 Å². The first-order valence-electron chi connectivity index (χ1n) is 5.58. The molecule has 0 radical (unpaired) electrons. The maximum absolute atomic E-state index is 10.4. The van der Waals surface area contributed by atoms with Gasteiger partial charge in [0, 0.05) is 12.4 Å².